The highest BCUT2D eigenvalue weighted by Gasteiger charge is 2.23. The van der Waals surface area contributed by atoms with Crippen LogP contribution < -0.4 is 10.6 Å². The second kappa shape index (κ2) is 8.95. The molecule has 0 radical (unpaired) electrons. The second-order valence-electron chi connectivity index (χ2n) is 7.37. The number of ketones is 1. The lowest BCUT2D eigenvalue weighted by molar-refractivity contribution is -0.119. The topological polar surface area (TPSA) is 80.2 Å². The van der Waals surface area contributed by atoms with Crippen LogP contribution in [-0.2, 0) is 9.59 Å². The molecule has 1 atom stereocenters. The SMILES string of the molecule is CCC(=O)Nc1cc(NC(=O)C(CC)n2cc(C(C)=O)c3ccccc32)ccc1C. The molecule has 0 aliphatic heterocycles. The number of hydrogen-bond acceptors (Lipinski definition) is 3. The van der Waals surface area contributed by atoms with Gasteiger partial charge in [0.15, 0.2) is 5.78 Å². The number of anilines is 2. The van der Waals surface area contributed by atoms with Gasteiger partial charge in [-0.15, -0.1) is 0 Å². The lowest BCUT2D eigenvalue weighted by atomic mass is 10.1. The van der Waals surface area contributed by atoms with Gasteiger partial charge in [0, 0.05) is 40.5 Å². The van der Waals surface area contributed by atoms with Crippen molar-refractivity contribution in [2.45, 2.75) is 46.6 Å². The Morgan fingerprint density at radius 1 is 1.03 bits per heavy atom. The molecule has 0 bridgehead atoms. The smallest absolute Gasteiger partial charge is 0.247 e. The molecule has 0 aliphatic rings. The number of para-hydroxylation sites is 1. The van der Waals surface area contributed by atoms with Crippen LogP contribution in [0.2, 0.25) is 0 Å². The number of fused-ring (bicyclic) bond motifs is 1. The van der Waals surface area contributed by atoms with Gasteiger partial charge in [0.05, 0.1) is 0 Å². The van der Waals surface area contributed by atoms with Crippen LogP contribution in [0.15, 0.2) is 48.7 Å². The van der Waals surface area contributed by atoms with Crippen LogP contribution in [0, 0.1) is 6.92 Å². The standard InChI is InChI=1S/C24H27N3O3/c1-5-21(27-14-19(16(4)28)18-9-7-8-10-22(18)27)24(30)25-17-12-11-15(3)20(13-17)26-23(29)6-2/h7-14,21H,5-6H2,1-4H3,(H,25,30)(H,26,29). The largest absolute Gasteiger partial charge is 0.334 e. The summed E-state index contributed by atoms with van der Waals surface area (Å²) in [6, 6.07) is 12.6. The van der Waals surface area contributed by atoms with E-state index < -0.39 is 6.04 Å². The van der Waals surface area contributed by atoms with Crippen molar-refractivity contribution in [3.8, 4) is 0 Å². The van der Waals surface area contributed by atoms with Gasteiger partial charge in [0.25, 0.3) is 0 Å². The van der Waals surface area contributed by atoms with E-state index >= 15 is 0 Å². The number of amides is 2. The molecule has 0 spiro atoms. The maximum atomic E-state index is 13.1. The molecule has 6 heteroatoms. The van der Waals surface area contributed by atoms with Gasteiger partial charge in [-0.1, -0.05) is 38.1 Å². The number of aryl methyl sites for hydroxylation is 1. The number of aromatic nitrogens is 1. The quantitative estimate of drug-likeness (QED) is 0.537. The number of carbonyl (C=O) groups is 3. The maximum absolute atomic E-state index is 13.1. The molecule has 3 rings (SSSR count). The van der Waals surface area contributed by atoms with Gasteiger partial charge in [0.2, 0.25) is 11.8 Å². The van der Waals surface area contributed by atoms with Crippen LogP contribution in [0.5, 0.6) is 0 Å². The van der Waals surface area contributed by atoms with Gasteiger partial charge in [-0.25, -0.2) is 0 Å². The molecule has 2 N–H and O–H groups in total. The molecular weight excluding hydrogens is 378 g/mol. The van der Waals surface area contributed by atoms with Crippen LogP contribution in [0.25, 0.3) is 10.9 Å². The summed E-state index contributed by atoms with van der Waals surface area (Å²) in [4.78, 5) is 37.0. The fraction of sp³-hybridized carbons (Fsp3) is 0.292. The first kappa shape index (κ1) is 21.3. The predicted octanol–water partition coefficient (Wildman–Crippen LogP) is 5.09. The van der Waals surface area contributed by atoms with E-state index in [1.54, 1.807) is 19.2 Å². The number of nitrogens with zero attached hydrogens (tertiary/aromatic N) is 1. The minimum absolute atomic E-state index is 0.0324. The summed E-state index contributed by atoms with van der Waals surface area (Å²) >= 11 is 0. The first-order valence-corrected chi connectivity index (χ1v) is 10.2. The fourth-order valence-corrected chi connectivity index (χ4v) is 3.55. The third kappa shape index (κ3) is 4.27. The molecule has 156 valence electrons. The van der Waals surface area contributed by atoms with Crippen LogP contribution in [0.3, 0.4) is 0 Å². The second-order valence-corrected chi connectivity index (χ2v) is 7.37. The van der Waals surface area contributed by atoms with Gasteiger partial charge in [-0.05, 0) is 44.0 Å². The van der Waals surface area contributed by atoms with E-state index in [1.807, 2.05) is 54.8 Å². The van der Waals surface area contributed by atoms with Gasteiger partial charge in [0.1, 0.15) is 6.04 Å². The van der Waals surface area contributed by atoms with Crippen LogP contribution in [0.4, 0.5) is 11.4 Å². The van der Waals surface area contributed by atoms with Gasteiger partial charge < -0.3 is 15.2 Å². The van der Waals surface area contributed by atoms with E-state index in [0.717, 1.165) is 16.5 Å². The summed E-state index contributed by atoms with van der Waals surface area (Å²) < 4.78 is 1.87. The van der Waals surface area contributed by atoms with Crippen LogP contribution in [-0.4, -0.2) is 22.2 Å². The molecule has 1 unspecified atom stereocenters. The highest BCUT2D eigenvalue weighted by molar-refractivity contribution is 6.07. The van der Waals surface area contributed by atoms with Crippen molar-refractivity contribution in [1.82, 2.24) is 4.57 Å². The Balaban J connectivity index is 1.91. The Morgan fingerprint density at radius 2 is 1.77 bits per heavy atom. The highest BCUT2D eigenvalue weighted by Crippen LogP contribution is 2.28. The predicted molar refractivity (Wildman–Crippen MR) is 120 cm³/mol. The van der Waals surface area contributed by atoms with E-state index in [1.165, 1.54) is 6.92 Å². The number of rotatable bonds is 7. The molecule has 0 fully saturated rings. The number of hydrogen-bond donors (Lipinski definition) is 2. The lowest BCUT2D eigenvalue weighted by Gasteiger charge is -2.19. The number of carbonyl (C=O) groups excluding carboxylic acids is 3. The van der Waals surface area contributed by atoms with Crippen LogP contribution in [0.1, 0.15) is 55.6 Å². The van der Waals surface area contributed by atoms with Crippen molar-refractivity contribution in [2.24, 2.45) is 0 Å². The van der Waals surface area contributed by atoms with E-state index in [9.17, 15) is 14.4 Å². The summed E-state index contributed by atoms with van der Waals surface area (Å²) in [6.07, 6.45) is 2.71. The average molecular weight is 405 g/mol. The number of Topliss-reactive ketones (excluding diaryl/α,β-unsaturated/α-hetero) is 1. The highest BCUT2D eigenvalue weighted by atomic mass is 16.2. The van der Waals surface area contributed by atoms with Crippen molar-refractivity contribution in [1.29, 1.82) is 0 Å². The Kier molecular flexibility index (Phi) is 6.35. The number of benzene rings is 2. The van der Waals surface area contributed by atoms with E-state index in [0.29, 0.717) is 29.8 Å². The normalized spacial score (nSPS) is 11.9. The zero-order valence-electron chi connectivity index (χ0n) is 17.8. The summed E-state index contributed by atoms with van der Waals surface area (Å²) in [5.41, 5.74) is 3.67. The summed E-state index contributed by atoms with van der Waals surface area (Å²) in [5.74, 6) is -0.288. The third-order valence-corrected chi connectivity index (χ3v) is 5.25. The zero-order chi connectivity index (χ0) is 21.8. The Labute approximate surface area is 176 Å². The first-order chi connectivity index (χ1) is 14.3. The summed E-state index contributed by atoms with van der Waals surface area (Å²) in [7, 11) is 0. The van der Waals surface area contributed by atoms with Gasteiger partial charge >= 0.3 is 0 Å². The maximum Gasteiger partial charge on any atom is 0.247 e. The van der Waals surface area contributed by atoms with Crippen molar-refractivity contribution in [3.63, 3.8) is 0 Å². The Hall–Kier alpha value is -3.41. The third-order valence-electron chi connectivity index (χ3n) is 5.25. The summed E-state index contributed by atoms with van der Waals surface area (Å²) in [6.45, 7) is 7.17. The molecule has 6 nitrogen and oxygen atoms in total. The Morgan fingerprint density at radius 3 is 2.43 bits per heavy atom. The van der Waals surface area contributed by atoms with Crippen molar-refractivity contribution < 1.29 is 14.4 Å². The molecule has 1 aromatic heterocycles. The molecule has 0 aliphatic carbocycles. The minimum atomic E-state index is -0.474. The summed E-state index contributed by atoms with van der Waals surface area (Å²) in [5, 5.41) is 6.66. The molecule has 0 saturated carbocycles. The van der Waals surface area contributed by atoms with E-state index in [2.05, 4.69) is 10.6 Å². The molecule has 2 aromatic carbocycles. The van der Waals surface area contributed by atoms with Crippen molar-refractivity contribution in [2.75, 3.05) is 10.6 Å². The van der Waals surface area contributed by atoms with Crippen LogP contribution >= 0.6 is 0 Å². The van der Waals surface area contributed by atoms with Crippen molar-refractivity contribution in [3.05, 3.63) is 59.8 Å². The molecule has 30 heavy (non-hydrogen) atoms. The Bertz CT molecular complexity index is 1110. The minimum Gasteiger partial charge on any atom is -0.334 e. The lowest BCUT2D eigenvalue weighted by Crippen LogP contribution is -2.25. The monoisotopic (exact) mass is 405 g/mol. The van der Waals surface area contributed by atoms with Gasteiger partial charge in [-0.2, -0.15) is 0 Å². The average Bonchev–Trinajstić information content (AvgIpc) is 3.11. The molecule has 3 aromatic rings. The molecule has 0 saturated heterocycles. The van der Waals surface area contributed by atoms with Gasteiger partial charge in [-0.3, -0.25) is 14.4 Å². The van der Waals surface area contributed by atoms with E-state index in [4.69, 9.17) is 0 Å². The molecule has 1 heterocycles. The molecule has 2 amide bonds. The fourth-order valence-electron chi connectivity index (χ4n) is 3.55. The first-order valence-electron chi connectivity index (χ1n) is 10.2. The van der Waals surface area contributed by atoms with E-state index in [-0.39, 0.29) is 17.6 Å². The van der Waals surface area contributed by atoms with Crippen molar-refractivity contribution >= 4 is 39.9 Å². The zero-order valence-corrected chi connectivity index (χ0v) is 17.8. The number of nitrogens with one attached hydrogen (secondary N) is 2. The molecular formula is C24H27N3O3.